The number of hydrogen-bond donors (Lipinski definition) is 1. The average molecular weight is 340 g/mol. The van der Waals surface area contributed by atoms with Crippen molar-refractivity contribution < 1.29 is 14.3 Å². The number of benzene rings is 2. The Morgan fingerprint density at radius 2 is 1.56 bits per heavy atom. The average Bonchev–Trinajstić information content (AvgIpc) is 2.63. The summed E-state index contributed by atoms with van der Waals surface area (Å²) >= 11 is 0. The van der Waals surface area contributed by atoms with Crippen molar-refractivity contribution in [3.63, 3.8) is 0 Å². The molecule has 0 heterocycles. The molecule has 0 spiro atoms. The second-order valence-corrected chi connectivity index (χ2v) is 5.81. The molecule has 0 fully saturated rings. The molecular weight excluding hydrogens is 316 g/mol. The van der Waals surface area contributed by atoms with Gasteiger partial charge in [-0.2, -0.15) is 0 Å². The summed E-state index contributed by atoms with van der Waals surface area (Å²) < 4.78 is 5.36. The minimum atomic E-state index is -0.213. The predicted molar refractivity (Wildman–Crippen MR) is 96.6 cm³/mol. The Labute approximate surface area is 148 Å². The zero-order valence-corrected chi connectivity index (χ0v) is 14.5. The van der Waals surface area contributed by atoms with Gasteiger partial charge in [0.2, 0.25) is 11.8 Å². The summed E-state index contributed by atoms with van der Waals surface area (Å²) in [5.41, 5.74) is 2.10. The fourth-order valence-electron chi connectivity index (χ4n) is 2.33. The first-order valence-corrected chi connectivity index (χ1v) is 8.31. The van der Waals surface area contributed by atoms with Crippen LogP contribution in [0.4, 0.5) is 0 Å². The number of carbonyl (C=O) groups excluding carboxylic acids is 2. The topological polar surface area (TPSA) is 58.6 Å². The van der Waals surface area contributed by atoms with E-state index in [1.54, 1.807) is 11.9 Å². The summed E-state index contributed by atoms with van der Waals surface area (Å²) in [5.74, 6) is -0.219. The number of nitrogens with zero attached hydrogens (tertiary/aromatic N) is 1. The molecule has 5 heteroatoms. The number of ether oxygens (including phenoxy) is 1. The van der Waals surface area contributed by atoms with Crippen molar-refractivity contribution in [2.45, 2.75) is 19.6 Å². The van der Waals surface area contributed by atoms with E-state index in [9.17, 15) is 9.59 Å². The van der Waals surface area contributed by atoms with Crippen LogP contribution in [-0.2, 0) is 27.5 Å². The summed E-state index contributed by atoms with van der Waals surface area (Å²) in [5, 5.41) is 2.71. The van der Waals surface area contributed by atoms with Crippen molar-refractivity contribution in [1.82, 2.24) is 10.2 Å². The van der Waals surface area contributed by atoms with E-state index in [0.717, 1.165) is 11.1 Å². The van der Waals surface area contributed by atoms with E-state index in [1.807, 2.05) is 60.7 Å². The maximum absolute atomic E-state index is 12.1. The molecule has 0 aliphatic rings. The van der Waals surface area contributed by atoms with Gasteiger partial charge in [-0.05, 0) is 11.1 Å². The molecule has 1 N–H and O–H groups in total. The van der Waals surface area contributed by atoms with E-state index in [4.69, 9.17) is 4.74 Å². The molecule has 0 saturated carbocycles. The molecule has 2 aromatic carbocycles. The molecule has 132 valence electrons. The first-order valence-electron chi connectivity index (χ1n) is 8.31. The van der Waals surface area contributed by atoms with Gasteiger partial charge in [0.15, 0.2) is 0 Å². The normalized spacial score (nSPS) is 10.3. The third kappa shape index (κ3) is 7.18. The van der Waals surface area contributed by atoms with Crippen LogP contribution in [-0.4, -0.2) is 36.9 Å². The highest BCUT2D eigenvalue weighted by Crippen LogP contribution is 2.04. The van der Waals surface area contributed by atoms with Gasteiger partial charge < -0.3 is 15.0 Å². The molecule has 0 bridgehead atoms. The minimum Gasteiger partial charge on any atom is -0.367 e. The van der Waals surface area contributed by atoms with Crippen molar-refractivity contribution in [2.75, 3.05) is 20.2 Å². The lowest BCUT2D eigenvalue weighted by atomic mass is 10.2. The zero-order chi connectivity index (χ0) is 17.9. The van der Waals surface area contributed by atoms with Gasteiger partial charge in [-0.1, -0.05) is 60.7 Å². The van der Waals surface area contributed by atoms with Crippen LogP contribution in [0.15, 0.2) is 60.7 Å². The molecule has 0 aliphatic heterocycles. The van der Waals surface area contributed by atoms with Crippen LogP contribution < -0.4 is 5.32 Å². The third-order valence-electron chi connectivity index (χ3n) is 3.69. The number of rotatable bonds is 9. The molecule has 2 amide bonds. The van der Waals surface area contributed by atoms with Gasteiger partial charge in [-0.25, -0.2) is 0 Å². The van der Waals surface area contributed by atoms with E-state index in [1.165, 1.54) is 0 Å². The first-order chi connectivity index (χ1) is 12.1. The number of amides is 2. The Morgan fingerprint density at radius 1 is 0.960 bits per heavy atom. The largest absolute Gasteiger partial charge is 0.367 e. The summed E-state index contributed by atoms with van der Waals surface area (Å²) in [6.07, 6.45) is 0.272. The highest BCUT2D eigenvalue weighted by molar-refractivity contribution is 5.79. The smallest absolute Gasteiger partial charge is 0.246 e. The molecule has 0 aromatic heterocycles. The quantitative estimate of drug-likeness (QED) is 0.762. The molecule has 2 rings (SSSR count). The van der Waals surface area contributed by atoms with Crippen molar-refractivity contribution in [3.05, 3.63) is 71.8 Å². The maximum atomic E-state index is 12.1. The van der Waals surface area contributed by atoms with Crippen molar-refractivity contribution in [2.24, 2.45) is 0 Å². The van der Waals surface area contributed by atoms with Crippen LogP contribution >= 0.6 is 0 Å². The second-order valence-electron chi connectivity index (χ2n) is 5.81. The van der Waals surface area contributed by atoms with Gasteiger partial charge >= 0.3 is 0 Å². The Kier molecular flexibility index (Phi) is 7.66. The van der Waals surface area contributed by atoms with Gasteiger partial charge in [-0.3, -0.25) is 9.59 Å². The maximum Gasteiger partial charge on any atom is 0.246 e. The van der Waals surface area contributed by atoms with Crippen molar-refractivity contribution >= 4 is 11.8 Å². The number of nitrogens with one attached hydrogen (secondary N) is 1. The zero-order valence-electron chi connectivity index (χ0n) is 14.5. The van der Waals surface area contributed by atoms with Gasteiger partial charge in [-0.15, -0.1) is 0 Å². The van der Waals surface area contributed by atoms with Crippen LogP contribution in [0.1, 0.15) is 17.5 Å². The molecule has 5 nitrogen and oxygen atoms in total. The molecule has 2 aromatic rings. The lowest BCUT2D eigenvalue weighted by Crippen LogP contribution is -2.33. The highest BCUT2D eigenvalue weighted by atomic mass is 16.5. The van der Waals surface area contributed by atoms with Gasteiger partial charge in [0.25, 0.3) is 0 Å². The van der Waals surface area contributed by atoms with Crippen molar-refractivity contribution in [3.8, 4) is 0 Å². The summed E-state index contributed by atoms with van der Waals surface area (Å²) in [7, 11) is 1.76. The summed E-state index contributed by atoms with van der Waals surface area (Å²) in [6.45, 7) is 1.26. The van der Waals surface area contributed by atoms with E-state index >= 15 is 0 Å². The SMILES string of the molecule is CN(Cc1ccccc1)C(=O)CCNC(=O)COCc1ccccc1. The minimum absolute atomic E-state index is 0.00523. The Bertz CT molecular complexity index is 659. The molecule has 0 saturated heterocycles. The van der Waals surface area contributed by atoms with Crippen LogP contribution in [0, 0.1) is 0 Å². The lowest BCUT2D eigenvalue weighted by molar-refractivity contribution is -0.130. The predicted octanol–water partition coefficient (Wildman–Crippen LogP) is 2.37. The van der Waals surface area contributed by atoms with Gasteiger partial charge in [0.05, 0.1) is 6.61 Å². The Morgan fingerprint density at radius 3 is 2.20 bits per heavy atom. The van der Waals surface area contributed by atoms with Crippen LogP contribution in [0.5, 0.6) is 0 Å². The van der Waals surface area contributed by atoms with Crippen LogP contribution in [0.25, 0.3) is 0 Å². The Balaban J connectivity index is 1.59. The van der Waals surface area contributed by atoms with E-state index in [2.05, 4.69) is 5.32 Å². The van der Waals surface area contributed by atoms with Crippen molar-refractivity contribution in [1.29, 1.82) is 0 Å². The fraction of sp³-hybridized carbons (Fsp3) is 0.300. The first kappa shape index (κ1) is 18.7. The van der Waals surface area contributed by atoms with Gasteiger partial charge in [0, 0.05) is 26.6 Å². The lowest BCUT2D eigenvalue weighted by Gasteiger charge is -2.17. The molecular formula is C20H24N2O3. The summed E-state index contributed by atoms with van der Waals surface area (Å²) in [4.78, 5) is 25.4. The fourth-order valence-corrected chi connectivity index (χ4v) is 2.33. The standard InChI is InChI=1S/C20H24N2O3/c1-22(14-17-8-4-2-5-9-17)20(24)12-13-21-19(23)16-25-15-18-10-6-3-7-11-18/h2-11H,12-16H2,1H3,(H,21,23). The molecule has 0 unspecified atom stereocenters. The molecule has 25 heavy (non-hydrogen) atoms. The molecule has 0 atom stereocenters. The molecule has 0 radical (unpaired) electrons. The molecule has 0 aliphatic carbocycles. The highest BCUT2D eigenvalue weighted by Gasteiger charge is 2.10. The van der Waals surface area contributed by atoms with Crippen LogP contribution in [0.2, 0.25) is 0 Å². The monoisotopic (exact) mass is 340 g/mol. The summed E-state index contributed by atoms with van der Waals surface area (Å²) in [6, 6.07) is 19.5. The van der Waals surface area contributed by atoms with E-state index in [0.29, 0.717) is 19.7 Å². The van der Waals surface area contributed by atoms with E-state index < -0.39 is 0 Å². The number of hydrogen-bond acceptors (Lipinski definition) is 3. The third-order valence-corrected chi connectivity index (χ3v) is 3.69. The van der Waals surface area contributed by atoms with E-state index in [-0.39, 0.29) is 24.8 Å². The van der Waals surface area contributed by atoms with Gasteiger partial charge in [0.1, 0.15) is 6.61 Å². The van der Waals surface area contributed by atoms with Crippen LogP contribution in [0.3, 0.4) is 0 Å². The Hall–Kier alpha value is -2.66. The number of carbonyl (C=O) groups is 2. The second kappa shape index (κ2) is 10.3.